The van der Waals surface area contributed by atoms with E-state index in [1.807, 2.05) is 12.1 Å². The number of anilines is 1. The maximum Gasteiger partial charge on any atom is 0.137 e. The number of nitrogen functional groups attached to an aromatic ring is 1. The van der Waals surface area contributed by atoms with E-state index in [4.69, 9.17) is 10.7 Å². The lowest BCUT2D eigenvalue weighted by atomic mass is 10.1. The molecule has 0 saturated carbocycles. The highest BCUT2D eigenvalue weighted by Crippen LogP contribution is 2.26. The lowest BCUT2D eigenvalue weighted by Crippen LogP contribution is -2.20. The Hall–Kier alpha value is -2.33. The van der Waals surface area contributed by atoms with Crippen LogP contribution in [0.3, 0.4) is 0 Å². The fourth-order valence-electron chi connectivity index (χ4n) is 2.98. The third-order valence-corrected chi connectivity index (χ3v) is 4.38. The Balaban J connectivity index is 2.05. The van der Waals surface area contributed by atoms with E-state index >= 15 is 0 Å². The van der Waals surface area contributed by atoms with E-state index in [-0.39, 0.29) is 0 Å². The summed E-state index contributed by atoms with van der Waals surface area (Å²) in [6.45, 7) is 6.30. The van der Waals surface area contributed by atoms with Crippen LogP contribution in [0.5, 0.6) is 0 Å². The van der Waals surface area contributed by atoms with Crippen LogP contribution < -0.4 is 5.73 Å². The van der Waals surface area contributed by atoms with Crippen molar-refractivity contribution < 1.29 is 0 Å². The molecule has 0 amide bonds. The highest BCUT2D eigenvalue weighted by Gasteiger charge is 2.15. The van der Waals surface area contributed by atoms with Crippen molar-refractivity contribution in [3.05, 3.63) is 53.9 Å². The number of pyridine rings is 1. The molecule has 0 spiro atoms. The van der Waals surface area contributed by atoms with Crippen molar-refractivity contribution >= 4 is 11.3 Å². The van der Waals surface area contributed by atoms with Gasteiger partial charge in [0.15, 0.2) is 0 Å². The van der Waals surface area contributed by atoms with E-state index in [2.05, 4.69) is 60.7 Å². The molecule has 0 fully saturated rings. The van der Waals surface area contributed by atoms with Crippen LogP contribution >= 0.6 is 0 Å². The Morgan fingerprint density at radius 3 is 2.62 bits per heavy atom. The fourth-order valence-corrected chi connectivity index (χ4v) is 2.98. The van der Waals surface area contributed by atoms with Crippen LogP contribution in [0.4, 0.5) is 5.69 Å². The monoisotopic (exact) mass is 322 g/mol. The number of fused-ring (bicyclic) bond motifs is 1. The summed E-state index contributed by atoms with van der Waals surface area (Å²) in [6.07, 6.45) is 4.55. The third-order valence-electron chi connectivity index (χ3n) is 4.38. The fraction of sp³-hybridized carbons (Fsp3) is 0.350. The second-order valence-electron chi connectivity index (χ2n) is 6.55. The number of benzene rings is 1. The van der Waals surface area contributed by atoms with Crippen molar-refractivity contribution in [2.45, 2.75) is 33.2 Å². The van der Waals surface area contributed by atoms with E-state index < -0.39 is 0 Å². The smallest absolute Gasteiger partial charge is 0.137 e. The molecular formula is C20H26N4. The van der Waals surface area contributed by atoms with Crippen LogP contribution in [0.1, 0.15) is 31.0 Å². The molecule has 0 bridgehead atoms. The van der Waals surface area contributed by atoms with Gasteiger partial charge in [-0.2, -0.15) is 0 Å². The highest BCUT2D eigenvalue weighted by molar-refractivity contribution is 5.68. The first-order valence-corrected chi connectivity index (χ1v) is 8.60. The highest BCUT2D eigenvalue weighted by atomic mass is 15.1. The molecule has 126 valence electrons. The molecule has 2 heterocycles. The molecule has 1 aromatic carbocycles. The van der Waals surface area contributed by atoms with Gasteiger partial charge in [-0.15, -0.1) is 0 Å². The zero-order chi connectivity index (χ0) is 17.1. The maximum atomic E-state index is 5.84. The molecule has 0 atom stereocenters. The van der Waals surface area contributed by atoms with Gasteiger partial charge >= 0.3 is 0 Å². The predicted octanol–water partition coefficient (Wildman–Crippen LogP) is 4.12. The van der Waals surface area contributed by atoms with Crippen LogP contribution in [-0.2, 0) is 6.54 Å². The topological polar surface area (TPSA) is 46.6 Å². The molecule has 3 aromatic rings. The van der Waals surface area contributed by atoms with Crippen LogP contribution in [-0.4, -0.2) is 27.9 Å². The summed E-state index contributed by atoms with van der Waals surface area (Å²) in [6, 6.07) is 12.3. The van der Waals surface area contributed by atoms with Gasteiger partial charge in [-0.1, -0.05) is 25.5 Å². The van der Waals surface area contributed by atoms with Crippen molar-refractivity contribution in [3.8, 4) is 11.3 Å². The van der Waals surface area contributed by atoms with E-state index in [0.29, 0.717) is 0 Å². The Labute approximate surface area is 143 Å². The van der Waals surface area contributed by atoms with Gasteiger partial charge in [0.2, 0.25) is 0 Å². The summed E-state index contributed by atoms with van der Waals surface area (Å²) in [5.74, 6) is 0. The van der Waals surface area contributed by atoms with Gasteiger partial charge in [0, 0.05) is 24.0 Å². The van der Waals surface area contributed by atoms with Gasteiger partial charge in [-0.3, -0.25) is 0 Å². The minimum atomic E-state index is 0.778. The first kappa shape index (κ1) is 16.5. The first-order chi connectivity index (χ1) is 11.6. The number of aryl methyl sites for hydroxylation is 1. The normalized spacial score (nSPS) is 11.5. The van der Waals surface area contributed by atoms with Gasteiger partial charge in [0.1, 0.15) is 5.65 Å². The zero-order valence-corrected chi connectivity index (χ0v) is 14.8. The number of nitrogens with two attached hydrogens (primary N) is 1. The number of hydrogen-bond acceptors (Lipinski definition) is 3. The molecule has 3 rings (SSSR count). The molecule has 4 nitrogen and oxygen atoms in total. The van der Waals surface area contributed by atoms with Gasteiger partial charge in [0.05, 0.1) is 11.4 Å². The van der Waals surface area contributed by atoms with Crippen molar-refractivity contribution in [3.63, 3.8) is 0 Å². The molecule has 0 aliphatic heterocycles. The second-order valence-corrected chi connectivity index (χ2v) is 6.55. The van der Waals surface area contributed by atoms with Crippen LogP contribution in [0, 0.1) is 6.92 Å². The standard InChI is InChI=1S/C20H26N4/c1-4-5-11-23(3)14-18-20(16-6-8-17(21)9-7-16)22-19-13-15(2)10-12-24(18)19/h6-10,12-13H,4-5,11,14,21H2,1-3H3. The van der Waals surface area contributed by atoms with Gasteiger partial charge < -0.3 is 15.0 Å². The molecule has 2 aromatic heterocycles. The molecule has 24 heavy (non-hydrogen) atoms. The number of imidazole rings is 1. The number of unbranched alkanes of at least 4 members (excludes halogenated alkanes) is 1. The molecule has 0 unspecified atom stereocenters. The van der Waals surface area contributed by atoms with E-state index in [1.54, 1.807) is 0 Å². The minimum Gasteiger partial charge on any atom is -0.399 e. The van der Waals surface area contributed by atoms with Gasteiger partial charge in [-0.05, 0) is 56.8 Å². The van der Waals surface area contributed by atoms with Crippen LogP contribution in [0.25, 0.3) is 16.9 Å². The quantitative estimate of drug-likeness (QED) is 0.694. The molecule has 4 heteroatoms. The Morgan fingerprint density at radius 2 is 1.92 bits per heavy atom. The summed E-state index contributed by atoms with van der Waals surface area (Å²) in [5.41, 5.74) is 12.2. The van der Waals surface area contributed by atoms with E-state index in [9.17, 15) is 0 Å². The Bertz CT molecular complexity index is 818. The summed E-state index contributed by atoms with van der Waals surface area (Å²) in [7, 11) is 2.18. The average Bonchev–Trinajstić information content (AvgIpc) is 2.91. The Morgan fingerprint density at radius 1 is 1.17 bits per heavy atom. The van der Waals surface area contributed by atoms with Crippen molar-refractivity contribution in [2.24, 2.45) is 0 Å². The number of aromatic nitrogens is 2. The van der Waals surface area contributed by atoms with Gasteiger partial charge in [-0.25, -0.2) is 4.98 Å². The van der Waals surface area contributed by atoms with E-state index in [0.717, 1.165) is 35.7 Å². The SMILES string of the molecule is CCCCN(C)Cc1c(-c2ccc(N)cc2)nc2cc(C)ccn12. The molecular weight excluding hydrogens is 296 g/mol. The maximum absolute atomic E-state index is 5.84. The second kappa shape index (κ2) is 7.05. The average molecular weight is 322 g/mol. The summed E-state index contributed by atoms with van der Waals surface area (Å²) in [4.78, 5) is 7.27. The Kier molecular flexibility index (Phi) is 4.86. The molecule has 0 saturated heterocycles. The van der Waals surface area contributed by atoms with Crippen molar-refractivity contribution in [1.82, 2.24) is 14.3 Å². The lowest BCUT2D eigenvalue weighted by molar-refractivity contribution is 0.316. The summed E-state index contributed by atoms with van der Waals surface area (Å²) in [5, 5.41) is 0. The van der Waals surface area contributed by atoms with Crippen LogP contribution in [0.15, 0.2) is 42.6 Å². The molecule has 0 aliphatic rings. The molecule has 0 aliphatic carbocycles. The lowest BCUT2D eigenvalue weighted by Gasteiger charge is -2.17. The van der Waals surface area contributed by atoms with Gasteiger partial charge in [0.25, 0.3) is 0 Å². The largest absolute Gasteiger partial charge is 0.399 e. The van der Waals surface area contributed by atoms with Crippen molar-refractivity contribution in [2.75, 3.05) is 19.3 Å². The number of hydrogen-bond donors (Lipinski definition) is 1. The minimum absolute atomic E-state index is 0.778. The molecule has 0 radical (unpaired) electrons. The zero-order valence-electron chi connectivity index (χ0n) is 14.8. The van der Waals surface area contributed by atoms with Crippen LogP contribution in [0.2, 0.25) is 0 Å². The van der Waals surface area contributed by atoms with E-state index in [1.165, 1.54) is 24.1 Å². The first-order valence-electron chi connectivity index (χ1n) is 8.60. The number of nitrogens with zero attached hydrogens (tertiary/aromatic N) is 3. The van der Waals surface area contributed by atoms with Crippen molar-refractivity contribution in [1.29, 1.82) is 0 Å². The third kappa shape index (κ3) is 3.44. The molecule has 2 N–H and O–H groups in total. The predicted molar refractivity (Wildman–Crippen MR) is 101 cm³/mol. The summed E-state index contributed by atoms with van der Waals surface area (Å²) < 4.78 is 2.21. The number of rotatable bonds is 6. The summed E-state index contributed by atoms with van der Waals surface area (Å²) >= 11 is 0.